The molecule has 3 fully saturated rings. The van der Waals surface area contributed by atoms with Crippen LogP contribution >= 0.6 is 11.3 Å². The number of amides is 1. The molecule has 24 heavy (non-hydrogen) atoms. The lowest BCUT2D eigenvalue weighted by Crippen LogP contribution is -2.39. The van der Waals surface area contributed by atoms with Gasteiger partial charge in [-0.2, -0.15) is 0 Å². The molecule has 1 aromatic rings. The van der Waals surface area contributed by atoms with Crippen molar-refractivity contribution in [3.8, 4) is 0 Å². The monoisotopic (exact) mass is 348 g/mol. The van der Waals surface area contributed by atoms with Gasteiger partial charge in [0, 0.05) is 48.9 Å². The molecule has 1 amide bonds. The number of hydrogen-bond acceptors (Lipinski definition) is 4. The van der Waals surface area contributed by atoms with Crippen molar-refractivity contribution in [2.45, 2.75) is 32.7 Å². The van der Waals surface area contributed by atoms with Crippen molar-refractivity contribution in [1.29, 1.82) is 0 Å². The summed E-state index contributed by atoms with van der Waals surface area (Å²) >= 11 is 1.90. The first-order chi connectivity index (χ1) is 11.7. The fourth-order valence-corrected chi connectivity index (χ4v) is 5.58. The summed E-state index contributed by atoms with van der Waals surface area (Å²) in [6.07, 6.45) is 3.03. The molecular weight excluding hydrogens is 320 g/mol. The van der Waals surface area contributed by atoms with Crippen LogP contribution in [0.15, 0.2) is 12.1 Å². The highest BCUT2D eigenvalue weighted by atomic mass is 32.1. The minimum Gasteiger partial charge on any atom is -0.381 e. The molecule has 0 saturated carbocycles. The molecule has 3 aliphatic rings. The molecule has 0 spiro atoms. The van der Waals surface area contributed by atoms with Crippen LogP contribution in [0.1, 0.15) is 29.0 Å². The van der Waals surface area contributed by atoms with Gasteiger partial charge in [0.15, 0.2) is 0 Å². The molecule has 4 nitrogen and oxygen atoms in total. The number of carbonyl (C=O) groups is 1. The lowest BCUT2D eigenvalue weighted by molar-refractivity contribution is -0.133. The van der Waals surface area contributed by atoms with Crippen molar-refractivity contribution in [3.05, 3.63) is 21.9 Å². The summed E-state index contributed by atoms with van der Waals surface area (Å²) in [6.45, 7) is 9.05. The minimum absolute atomic E-state index is 0.356. The highest BCUT2D eigenvalue weighted by Crippen LogP contribution is 2.37. The van der Waals surface area contributed by atoms with Gasteiger partial charge in [-0.1, -0.05) is 0 Å². The molecule has 0 radical (unpaired) electrons. The van der Waals surface area contributed by atoms with Crippen LogP contribution in [0, 0.1) is 24.7 Å². The van der Waals surface area contributed by atoms with Crippen LogP contribution in [0.5, 0.6) is 0 Å². The molecule has 4 rings (SSSR count). The molecular formula is C19H28N2O2S. The van der Waals surface area contributed by atoms with Crippen molar-refractivity contribution in [2.75, 3.05) is 39.4 Å². The van der Waals surface area contributed by atoms with Gasteiger partial charge in [0.05, 0.1) is 13.2 Å². The summed E-state index contributed by atoms with van der Waals surface area (Å²) in [5.41, 5.74) is 0. The van der Waals surface area contributed by atoms with Crippen molar-refractivity contribution in [3.63, 3.8) is 0 Å². The normalized spacial score (nSPS) is 30.7. The van der Waals surface area contributed by atoms with E-state index in [1.165, 1.54) is 22.6 Å². The molecule has 0 aromatic carbocycles. The third-order valence-electron chi connectivity index (χ3n) is 5.91. The highest BCUT2D eigenvalue weighted by Gasteiger charge is 2.42. The van der Waals surface area contributed by atoms with Crippen LogP contribution in [0.25, 0.3) is 0 Å². The van der Waals surface area contributed by atoms with E-state index < -0.39 is 0 Å². The SMILES string of the molecule is Cc1ccc(CN2C[C@H]3COC[C@H](CC(=O)N4CCCC4)[C@H]3C2)s1. The van der Waals surface area contributed by atoms with Crippen molar-refractivity contribution >= 4 is 17.2 Å². The zero-order valence-electron chi connectivity index (χ0n) is 14.6. The minimum atomic E-state index is 0.356. The molecule has 0 unspecified atom stereocenters. The Hall–Kier alpha value is -0.910. The Morgan fingerprint density at radius 2 is 2.08 bits per heavy atom. The fourth-order valence-electron chi connectivity index (χ4n) is 4.64. The van der Waals surface area contributed by atoms with E-state index in [1.54, 1.807) is 0 Å². The summed E-state index contributed by atoms with van der Waals surface area (Å²) in [5.74, 6) is 2.00. The van der Waals surface area contributed by atoms with Gasteiger partial charge in [-0.3, -0.25) is 9.69 Å². The maximum absolute atomic E-state index is 12.5. The summed E-state index contributed by atoms with van der Waals surface area (Å²) < 4.78 is 5.87. The van der Waals surface area contributed by atoms with E-state index in [4.69, 9.17) is 4.74 Å². The van der Waals surface area contributed by atoms with Gasteiger partial charge < -0.3 is 9.64 Å². The van der Waals surface area contributed by atoms with E-state index in [9.17, 15) is 4.79 Å². The van der Waals surface area contributed by atoms with Crippen LogP contribution in [0.4, 0.5) is 0 Å². The second kappa shape index (κ2) is 7.14. The predicted molar refractivity (Wildman–Crippen MR) is 96.1 cm³/mol. The first-order valence-corrected chi connectivity index (χ1v) is 10.1. The van der Waals surface area contributed by atoms with Gasteiger partial charge in [0.1, 0.15) is 0 Å². The van der Waals surface area contributed by atoms with Crippen LogP contribution in [-0.2, 0) is 16.1 Å². The molecule has 3 atom stereocenters. The van der Waals surface area contributed by atoms with E-state index >= 15 is 0 Å². The summed E-state index contributed by atoms with van der Waals surface area (Å²) in [7, 11) is 0. The number of nitrogens with zero attached hydrogens (tertiary/aromatic N) is 2. The molecule has 3 saturated heterocycles. The van der Waals surface area contributed by atoms with Gasteiger partial charge in [-0.25, -0.2) is 0 Å². The number of rotatable bonds is 4. The van der Waals surface area contributed by atoms with E-state index in [2.05, 4.69) is 28.9 Å². The number of aryl methyl sites for hydroxylation is 1. The molecule has 5 heteroatoms. The predicted octanol–water partition coefficient (Wildman–Crippen LogP) is 2.76. The Kier molecular flexibility index (Phi) is 4.93. The Morgan fingerprint density at radius 1 is 1.25 bits per heavy atom. The number of carbonyl (C=O) groups excluding carboxylic acids is 1. The number of thiophene rings is 1. The Morgan fingerprint density at radius 3 is 2.83 bits per heavy atom. The van der Waals surface area contributed by atoms with Gasteiger partial charge in [0.2, 0.25) is 5.91 Å². The quantitative estimate of drug-likeness (QED) is 0.839. The first kappa shape index (κ1) is 16.6. The fraction of sp³-hybridized carbons (Fsp3) is 0.737. The van der Waals surface area contributed by atoms with Crippen molar-refractivity contribution in [1.82, 2.24) is 9.80 Å². The van der Waals surface area contributed by atoms with Crippen molar-refractivity contribution in [2.24, 2.45) is 17.8 Å². The topological polar surface area (TPSA) is 32.8 Å². The molecule has 4 heterocycles. The number of hydrogen-bond donors (Lipinski definition) is 0. The third-order valence-corrected chi connectivity index (χ3v) is 6.89. The Balaban J connectivity index is 1.36. The largest absolute Gasteiger partial charge is 0.381 e. The lowest BCUT2D eigenvalue weighted by atomic mass is 9.81. The second-order valence-corrected chi connectivity index (χ2v) is 9.09. The van der Waals surface area contributed by atoms with E-state index in [0.717, 1.165) is 45.9 Å². The average Bonchev–Trinajstić information content (AvgIpc) is 3.28. The smallest absolute Gasteiger partial charge is 0.222 e. The summed E-state index contributed by atoms with van der Waals surface area (Å²) in [5, 5.41) is 0. The number of likely N-dealkylation sites (tertiary alicyclic amines) is 2. The van der Waals surface area contributed by atoms with Crippen LogP contribution in [-0.4, -0.2) is 55.1 Å². The zero-order chi connectivity index (χ0) is 16.5. The van der Waals surface area contributed by atoms with Crippen LogP contribution < -0.4 is 0 Å². The molecule has 0 N–H and O–H groups in total. The molecule has 0 bridgehead atoms. The maximum Gasteiger partial charge on any atom is 0.222 e. The Labute approximate surface area is 148 Å². The zero-order valence-corrected chi connectivity index (χ0v) is 15.4. The number of ether oxygens (including phenoxy) is 1. The van der Waals surface area contributed by atoms with E-state index in [0.29, 0.717) is 30.1 Å². The van der Waals surface area contributed by atoms with Gasteiger partial charge in [-0.15, -0.1) is 11.3 Å². The number of fused-ring (bicyclic) bond motifs is 1. The first-order valence-electron chi connectivity index (χ1n) is 9.32. The standard InChI is InChI=1S/C19H28N2O2S/c1-14-4-5-17(24-14)10-20-9-16-13-23-12-15(18(16)11-20)8-19(22)21-6-2-3-7-21/h4-5,15-16,18H,2-3,6-13H2,1H3/t15-,16-,18+/m0/s1. The summed E-state index contributed by atoms with van der Waals surface area (Å²) in [6, 6.07) is 4.47. The highest BCUT2D eigenvalue weighted by molar-refractivity contribution is 7.11. The van der Waals surface area contributed by atoms with E-state index in [-0.39, 0.29) is 0 Å². The van der Waals surface area contributed by atoms with Gasteiger partial charge in [-0.05, 0) is 49.7 Å². The van der Waals surface area contributed by atoms with Gasteiger partial charge >= 0.3 is 0 Å². The second-order valence-electron chi connectivity index (χ2n) is 7.72. The van der Waals surface area contributed by atoms with Crippen LogP contribution in [0.2, 0.25) is 0 Å². The summed E-state index contributed by atoms with van der Waals surface area (Å²) in [4.78, 5) is 20.0. The lowest BCUT2D eigenvalue weighted by Gasteiger charge is -2.33. The molecule has 0 aliphatic carbocycles. The molecule has 3 aliphatic heterocycles. The van der Waals surface area contributed by atoms with Gasteiger partial charge in [0.25, 0.3) is 0 Å². The maximum atomic E-state index is 12.5. The van der Waals surface area contributed by atoms with Crippen LogP contribution in [0.3, 0.4) is 0 Å². The average molecular weight is 349 g/mol. The Bertz CT molecular complexity index is 582. The molecule has 1 aromatic heterocycles. The van der Waals surface area contributed by atoms with Crippen molar-refractivity contribution < 1.29 is 9.53 Å². The van der Waals surface area contributed by atoms with E-state index in [1.807, 2.05) is 11.3 Å². The molecule has 132 valence electrons. The third kappa shape index (κ3) is 3.53.